The molecule has 0 aliphatic carbocycles. The Morgan fingerprint density at radius 2 is 1.87 bits per heavy atom. The molecule has 0 amide bonds. The summed E-state index contributed by atoms with van der Waals surface area (Å²) in [6.45, 7) is 4.24. The second kappa shape index (κ2) is 11.4. The highest BCUT2D eigenvalue weighted by molar-refractivity contribution is 7.15. The molecular formula is C31H32N4O2S. The molecule has 0 saturated carbocycles. The van der Waals surface area contributed by atoms with Crippen LogP contribution < -0.4 is 10.5 Å². The molecule has 1 saturated heterocycles. The topological polar surface area (TPSA) is 84.5 Å². The Hall–Kier alpha value is -3.70. The summed E-state index contributed by atoms with van der Waals surface area (Å²) in [7, 11) is 2.17. The van der Waals surface area contributed by atoms with Crippen LogP contribution in [0.5, 0.6) is 5.75 Å². The Bertz CT molecular complexity index is 1450. The first-order valence-corrected chi connectivity index (χ1v) is 13.6. The minimum absolute atomic E-state index is 0.323. The maximum Gasteiger partial charge on any atom is 0.166 e. The van der Waals surface area contributed by atoms with E-state index in [0.717, 1.165) is 53.1 Å². The number of rotatable bonds is 6. The van der Waals surface area contributed by atoms with Crippen molar-refractivity contribution in [1.82, 2.24) is 14.9 Å². The van der Waals surface area contributed by atoms with Gasteiger partial charge in [0.1, 0.15) is 12.2 Å². The van der Waals surface area contributed by atoms with Crippen LogP contribution in [0.15, 0.2) is 73.1 Å². The van der Waals surface area contributed by atoms with Gasteiger partial charge in [0, 0.05) is 29.4 Å². The number of hydrogen-bond acceptors (Lipinski definition) is 7. The van der Waals surface area contributed by atoms with Gasteiger partial charge >= 0.3 is 0 Å². The first kappa shape index (κ1) is 25.9. The quantitative estimate of drug-likeness (QED) is 0.327. The van der Waals surface area contributed by atoms with Crippen molar-refractivity contribution in [3.05, 3.63) is 94.8 Å². The van der Waals surface area contributed by atoms with Crippen molar-refractivity contribution in [2.45, 2.75) is 37.9 Å². The molecule has 194 valence electrons. The van der Waals surface area contributed by atoms with Crippen molar-refractivity contribution in [2.24, 2.45) is 0 Å². The highest BCUT2D eigenvalue weighted by Crippen LogP contribution is 2.36. The summed E-state index contributed by atoms with van der Waals surface area (Å²) in [6.07, 6.45) is 6.00. The van der Waals surface area contributed by atoms with Gasteiger partial charge in [-0.1, -0.05) is 54.3 Å². The van der Waals surface area contributed by atoms with Gasteiger partial charge in [0.25, 0.3) is 0 Å². The molecule has 6 nitrogen and oxygen atoms in total. The van der Waals surface area contributed by atoms with E-state index in [-0.39, 0.29) is 0 Å². The fourth-order valence-corrected chi connectivity index (χ4v) is 5.57. The van der Waals surface area contributed by atoms with E-state index in [9.17, 15) is 5.11 Å². The third kappa shape index (κ3) is 6.22. The molecule has 7 heteroatoms. The molecule has 0 radical (unpaired) electrons. The number of nitrogen functional groups attached to an aromatic ring is 1. The van der Waals surface area contributed by atoms with Crippen molar-refractivity contribution in [1.29, 1.82) is 0 Å². The highest BCUT2D eigenvalue weighted by Gasteiger charge is 2.22. The maximum absolute atomic E-state index is 10.8. The van der Waals surface area contributed by atoms with Crippen LogP contribution in [0.1, 0.15) is 47.4 Å². The number of aliphatic hydroxyl groups is 1. The maximum atomic E-state index is 10.8. The van der Waals surface area contributed by atoms with Crippen molar-refractivity contribution in [3.63, 3.8) is 0 Å². The summed E-state index contributed by atoms with van der Waals surface area (Å²) in [5, 5.41) is 12.0. The van der Waals surface area contributed by atoms with E-state index in [4.69, 9.17) is 15.5 Å². The van der Waals surface area contributed by atoms with Gasteiger partial charge in [0.05, 0.1) is 9.88 Å². The van der Waals surface area contributed by atoms with E-state index in [1.807, 2.05) is 66.9 Å². The lowest BCUT2D eigenvalue weighted by atomic mass is 9.96. The van der Waals surface area contributed by atoms with Gasteiger partial charge in [-0.15, -0.1) is 11.3 Å². The molecule has 2 aromatic heterocycles. The van der Waals surface area contributed by atoms with E-state index in [0.29, 0.717) is 24.1 Å². The minimum atomic E-state index is -1.24. The van der Waals surface area contributed by atoms with E-state index in [1.165, 1.54) is 5.01 Å². The Balaban J connectivity index is 1.27. The lowest BCUT2D eigenvalue weighted by Crippen LogP contribution is -2.29. The number of likely N-dealkylation sites (tertiary alicyclic amines) is 1. The van der Waals surface area contributed by atoms with Crippen molar-refractivity contribution < 1.29 is 9.84 Å². The normalized spacial score (nSPS) is 15.9. The predicted octanol–water partition coefficient (Wildman–Crippen LogP) is 5.43. The Morgan fingerprint density at radius 3 is 2.66 bits per heavy atom. The molecule has 3 N–H and O–H groups in total. The molecule has 3 heterocycles. The Morgan fingerprint density at radius 1 is 1.08 bits per heavy atom. The van der Waals surface area contributed by atoms with Crippen LogP contribution in [0.3, 0.4) is 0 Å². The molecule has 0 spiro atoms. The molecule has 1 unspecified atom stereocenters. The number of aromatic nitrogens is 2. The number of ether oxygens (including phenoxy) is 1. The summed E-state index contributed by atoms with van der Waals surface area (Å²) in [5.74, 6) is 7.49. The van der Waals surface area contributed by atoms with Gasteiger partial charge < -0.3 is 20.5 Å². The zero-order valence-electron chi connectivity index (χ0n) is 21.7. The number of nitrogens with two attached hydrogens (primary N) is 1. The summed E-state index contributed by atoms with van der Waals surface area (Å²) in [5.41, 5.74) is 8.36. The number of anilines is 1. The molecular weight excluding hydrogens is 492 g/mol. The standard InChI is InChI=1S/C31H32N4O2S/c1-31(36,26-9-4-3-5-10-26)14-11-22-7-6-8-23(17-22)21-37-27-18-25(19-33-29(27)32)28-20-34-30(38-28)24-12-15-35(2)16-13-24/h3-10,17-20,24,36H,12-13,15-16,21H2,1-2H3,(H2,32,33). The molecule has 4 aromatic rings. The Kier molecular flexibility index (Phi) is 7.75. The average molecular weight is 525 g/mol. The van der Waals surface area contributed by atoms with E-state index in [1.54, 1.807) is 24.5 Å². The SMILES string of the molecule is CN1CCC(c2ncc(-c3cnc(N)c(OCc4cccc(C#CC(C)(O)c5ccccc5)c4)c3)s2)CC1. The van der Waals surface area contributed by atoms with Crippen molar-refractivity contribution in [2.75, 3.05) is 25.9 Å². The first-order chi connectivity index (χ1) is 18.4. The van der Waals surface area contributed by atoms with E-state index >= 15 is 0 Å². The third-order valence-electron chi connectivity index (χ3n) is 6.87. The number of pyridine rings is 1. The molecule has 1 fully saturated rings. The molecule has 1 aliphatic heterocycles. The first-order valence-electron chi connectivity index (χ1n) is 12.8. The van der Waals surface area contributed by atoms with Crippen LogP contribution in [0.4, 0.5) is 5.82 Å². The van der Waals surface area contributed by atoms with Gasteiger partial charge in [0.15, 0.2) is 11.6 Å². The lowest BCUT2D eigenvalue weighted by Gasteiger charge is -2.27. The summed E-state index contributed by atoms with van der Waals surface area (Å²) in [6, 6.07) is 19.2. The Labute approximate surface area is 228 Å². The molecule has 38 heavy (non-hydrogen) atoms. The lowest BCUT2D eigenvalue weighted by molar-refractivity contribution is 0.122. The third-order valence-corrected chi connectivity index (χ3v) is 8.07. The smallest absolute Gasteiger partial charge is 0.166 e. The van der Waals surface area contributed by atoms with Crippen molar-refractivity contribution >= 4 is 17.2 Å². The number of benzene rings is 2. The van der Waals surface area contributed by atoms with Crippen LogP contribution in [0.25, 0.3) is 10.4 Å². The number of piperidine rings is 1. The summed E-state index contributed by atoms with van der Waals surface area (Å²) >= 11 is 1.73. The van der Waals surface area contributed by atoms with Crippen LogP contribution in [0.2, 0.25) is 0 Å². The molecule has 1 atom stereocenters. The average Bonchev–Trinajstić information content (AvgIpc) is 3.43. The molecule has 1 aliphatic rings. The highest BCUT2D eigenvalue weighted by atomic mass is 32.1. The molecule has 5 rings (SSSR count). The van der Waals surface area contributed by atoms with E-state index in [2.05, 4.69) is 28.8 Å². The van der Waals surface area contributed by atoms with Crippen molar-refractivity contribution in [3.8, 4) is 28.0 Å². The van der Waals surface area contributed by atoms with Crippen LogP contribution in [-0.4, -0.2) is 40.1 Å². The van der Waals surface area contributed by atoms with Gasteiger partial charge in [-0.25, -0.2) is 9.97 Å². The van der Waals surface area contributed by atoms with E-state index < -0.39 is 5.60 Å². The number of nitrogens with zero attached hydrogens (tertiary/aromatic N) is 3. The summed E-state index contributed by atoms with van der Waals surface area (Å²) < 4.78 is 6.08. The molecule has 2 aromatic carbocycles. The second-order valence-corrected chi connectivity index (χ2v) is 11.0. The zero-order valence-corrected chi connectivity index (χ0v) is 22.5. The fourth-order valence-electron chi connectivity index (χ4n) is 4.50. The van der Waals surface area contributed by atoms with Gasteiger partial charge in [-0.05, 0) is 69.2 Å². The number of thiazole rings is 1. The van der Waals surface area contributed by atoms with Gasteiger partial charge in [-0.2, -0.15) is 0 Å². The largest absolute Gasteiger partial charge is 0.485 e. The zero-order chi connectivity index (χ0) is 26.5. The van der Waals surface area contributed by atoms with Crippen LogP contribution >= 0.6 is 11.3 Å². The fraction of sp³-hybridized carbons (Fsp3) is 0.290. The van der Waals surface area contributed by atoms with Gasteiger partial charge in [-0.3, -0.25) is 0 Å². The minimum Gasteiger partial charge on any atom is -0.485 e. The molecule has 0 bridgehead atoms. The van der Waals surface area contributed by atoms with Gasteiger partial charge in [0.2, 0.25) is 0 Å². The predicted molar refractivity (Wildman–Crippen MR) is 153 cm³/mol. The summed E-state index contributed by atoms with van der Waals surface area (Å²) in [4.78, 5) is 12.5. The monoisotopic (exact) mass is 524 g/mol. The second-order valence-electron chi connectivity index (χ2n) is 9.92. The van der Waals surface area contributed by atoms with Crippen LogP contribution in [-0.2, 0) is 12.2 Å². The van der Waals surface area contributed by atoms with Crippen LogP contribution in [0, 0.1) is 11.8 Å². The number of hydrogen-bond donors (Lipinski definition) is 2.